The number of halogens is 1. The number of nitrogens with one attached hydrogen (secondary N) is 1. The van der Waals surface area contributed by atoms with Gasteiger partial charge in [-0.1, -0.05) is 29.8 Å². The van der Waals surface area contributed by atoms with Gasteiger partial charge >= 0.3 is 0 Å². The second-order valence-corrected chi connectivity index (χ2v) is 9.30. The summed E-state index contributed by atoms with van der Waals surface area (Å²) < 4.78 is 15.6. The first-order chi connectivity index (χ1) is 16.7. The first-order valence-electron chi connectivity index (χ1n) is 11.4. The minimum atomic E-state index is -0.226. The van der Waals surface area contributed by atoms with Crippen molar-refractivity contribution in [1.82, 2.24) is 24.8 Å². The van der Waals surface area contributed by atoms with Crippen LogP contribution in [-0.2, 0) is 6.54 Å². The number of carbonyl (C=O) groups excluding carboxylic acids is 1. The molecule has 1 aliphatic heterocycles. The molecule has 0 bridgehead atoms. The topological polar surface area (TPSA) is 63.1 Å². The highest BCUT2D eigenvalue weighted by atomic mass is 32.1. The highest BCUT2D eigenvalue weighted by Gasteiger charge is 2.16. The Morgan fingerprint density at radius 2 is 1.91 bits per heavy atom. The van der Waals surface area contributed by atoms with E-state index < -0.39 is 0 Å². The maximum absolute atomic E-state index is 13.4. The van der Waals surface area contributed by atoms with Gasteiger partial charge in [-0.15, -0.1) is 11.3 Å². The minimum absolute atomic E-state index is 0.104. The van der Waals surface area contributed by atoms with Crippen molar-refractivity contribution in [3.8, 4) is 0 Å². The molecule has 1 saturated heterocycles. The quantitative estimate of drug-likeness (QED) is 0.425. The van der Waals surface area contributed by atoms with E-state index in [0.29, 0.717) is 18.1 Å². The molecule has 1 amide bonds. The number of nitrogens with zero attached hydrogens (tertiary/aromatic N) is 4. The fourth-order valence-electron chi connectivity index (χ4n) is 4.27. The second kappa shape index (κ2) is 10.3. The predicted molar refractivity (Wildman–Crippen MR) is 133 cm³/mol. The molecule has 0 saturated carbocycles. The van der Waals surface area contributed by atoms with Gasteiger partial charge in [0.05, 0.1) is 11.0 Å². The van der Waals surface area contributed by atoms with Crippen molar-refractivity contribution in [3.05, 3.63) is 87.9 Å². The van der Waals surface area contributed by atoms with Gasteiger partial charge in [0.2, 0.25) is 0 Å². The lowest BCUT2D eigenvalue weighted by Gasteiger charge is -2.28. The number of amides is 1. The largest absolute Gasteiger partial charge is 0.349 e. The molecule has 34 heavy (non-hydrogen) atoms. The standard InChI is InChI=1S/C26H26FN5OS/c27-21-7-5-20(6-8-21)18-32-23-4-2-1-3-22(23)30-24(32)17-19-9-13-31(14-10-19)15-11-28-25(33)26-29-12-16-34-26/h1-8,12,16-17H,9-11,13-15,18H2,(H,28,33). The fraction of sp³-hybridized carbons (Fsp3) is 0.269. The Balaban J connectivity index is 1.23. The summed E-state index contributed by atoms with van der Waals surface area (Å²) in [6.07, 6.45) is 5.80. The van der Waals surface area contributed by atoms with E-state index in [1.807, 2.05) is 30.3 Å². The Hall–Kier alpha value is -3.36. The smallest absolute Gasteiger partial charge is 0.280 e. The number of piperidine rings is 1. The highest BCUT2D eigenvalue weighted by Crippen LogP contribution is 2.23. The van der Waals surface area contributed by atoms with E-state index in [1.165, 1.54) is 29.0 Å². The van der Waals surface area contributed by atoms with Crippen molar-refractivity contribution in [2.45, 2.75) is 19.4 Å². The second-order valence-electron chi connectivity index (χ2n) is 8.41. The number of para-hydroxylation sites is 2. The molecule has 2 aromatic carbocycles. The number of fused-ring (bicyclic) bond motifs is 1. The van der Waals surface area contributed by atoms with Crippen LogP contribution in [0.25, 0.3) is 17.1 Å². The third-order valence-electron chi connectivity index (χ3n) is 6.11. The van der Waals surface area contributed by atoms with Crippen LogP contribution in [0.15, 0.2) is 65.7 Å². The Kier molecular flexibility index (Phi) is 6.78. The molecule has 1 fully saturated rings. The van der Waals surface area contributed by atoms with Gasteiger partial charge in [0.25, 0.3) is 5.91 Å². The molecule has 0 atom stereocenters. The van der Waals surface area contributed by atoms with Crippen LogP contribution in [0.2, 0.25) is 0 Å². The lowest BCUT2D eigenvalue weighted by atomic mass is 10.0. The zero-order valence-electron chi connectivity index (χ0n) is 18.8. The van der Waals surface area contributed by atoms with E-state index in [9.17, 15) is 9.18 Å². The zero-order chi connectivity index (χ0) is 23.3. The maximum atomic E-state index is 13.4. The number of rotatable bonds is 7. The predicted octanol–water partition coefficient (Wildman–Crippen LogP) is 4.59. The van der Waals surface area contributed by atoms with Crippen LogP contribution >= 0.6 is 11.3 Å². The minimum Gasteiger partial charge on any atom is -0.349 e. The van der Waals surface area contributed by atoms with Crippen molar-refractivity contribution in [2.75, 3.05) is 26.2 Å². The molecule has 1 N–H and O–H groups in total. The first-order valence-corrected chi connectivity index (χ1v) is 12.3. The van der Waals surface area contributed by atoms with Crippen LogP contribution in [-0.4, -0.2) is 51.5 Å². The molecule has 1 aliphatic rings. The van der Waals surface area contributed by atoms with E-state index in [1.54, 1.807) is 11.6 Å². The van der Waals surface area contributed by atoms with Gasteiger partial charge in [0.1, 0.15) is 11.6 Å². The molecule has 8 heteroatoms. The molecule has 3 heterocycles. The van der Waals surface area contributed by atoms with Crippen LogP contribution in [0.3, 0.4) is 0 Å². The number of benzene rings is 2. The number of carbonyl (C=O) groups is 1. The number of hydrogen-bond acceptors (Lipinski definition) is 5. The summed E-state index contributed by atoms with van der Waals surface area (Å²) >= 11 is 1.35. The van der Waals surface area contributed by atoms with Crippen LogP contribution in [0.4, 0.5) is 4.39 Å². The van der Waals surface area contributed by atoms with E-state index >= 15 is 0 Å². The Morgan fingerprint density at radius 1 is 1.12 bits per heavy atom. The van der Waals surface area contributed by atoms with Gasteiger partial charge < -0.3 is 14.8 Å². The van der Waals surface area contributed by atoms with E-state index in [0.717, 1.165) is 54.9 Å². The third kappa shape index (κ3) is 5.24. The number of hydrogen-bond donors (Lipinski definition) is 1. The van der Waals surface area contributed by atoms with Crippen molar-refractivity contribution in [1.29, 1.82) is 0 Å². The molecular formula is C26H26FN5OS. The summed E-state index contributed by atoms with van der Waals surface area (Å²) in [5.41, 5.74) is 4.45. The maximum Gasteiger partial charge on any atom is 0.280 e. The Bertz CT molecular complexity index is 1290. The number of thiazole rings is 1. The fourth-order valence-corrected chi connectivity index (χ4v) is 4.82. The number of imidazole rings is 1. The molecule has 5 rings (SSSR count). The van der Waals surface area contributed by atoms with Gasteiger partial charge in [-0.3, -0.25) is 4.79 Å². The summed E-state index contributed by atoms with van der Waals surface area (Å²) in [5, 5.41) is 5.26. The summed E-state index contributed by atoms with van der Waals surface area (Å²) in [4.78, 5) is 23.3. The Morgan fingerprint density at radius 3 is 2.68 bits per heavy atom. The monoisotopic (exact) mass is 475 g/mol. The lowest BCUT2D eigenvalue weighted by molar-refractivity contribution is 0.0947. The van der Waals surface area contributed by atoms with E-state index in [2.05, 4.69) is 31.9 Å². The van der Waals surface area contributed by atoms with Gasteiger partial charge in [-0.2, -0.15) is 0 Å². The normalized spacial score (nSPS) is 14.4. The highest BCUT2D eigenvalue weighted by molar-refractivity contribution is 7.11. The van der Waals surface area contributed by atoms with Crippen molar-refractivity contribution < 1.29 is 9.18 Å². The number of likely N-dealkylation sites (tertiary alicyclic amines) is 1. The number of aromatic nitrogens is 3. The lowest BCUT2D eigenvalue weighted by Crippen LogP contribution is -2.38. The summed E-state index contributed by atoms with van der Waals surface area (Å²) in [5.74, 6) is 0.605. The van der Waals surface area contributed by atoms with Crippen molar-refractivity contribution >= 4 is 34.4 Å². The van der Waals surface area contributed by atoms with Crippen molar-refractivity contribution in [2.24, 2.45) is 0 Å². The van der Waals surface area contributed by atoms with Gasteiger partial charge in [0, 0.05) is 44.3 Å². The van der Waals surface area contributed by atoms with Crippen molar-refractivity contribution in [3.63, 3.8) is 0 Å². The molecule has 2 aromatic heterocycles. The van der Waals surface area contributed by atoms with Gasteiger partial charge in [0.15, 0.2) is 5.01 Å². The molecule has 0 radical (unpaired) electrons. The SMILES string of the molecule is O=C(NCCN1CCC(=Cc2nc3ccccc3n2Cc2ccc(F)cc2)CC1)c1nccs1. The summed E-state index contributed by atoms with van der Waals surface area (Å²) in [6.45, 7) is 4.00. The average Bonchev–Trinajstić information content (AvgIpc) is 3.51. The van der Waals surface area contributed by atoms with Crippen LogP contribution in [0.5, 0.6) is 0 Å². The average molecular weight is 476 g/mol. The van der Waals surface area contributed by atoms with Crippen LogP contribution in [0, 0.1) is 5.82 Å². The zero-order valence-corrected chi connectivity index (χ0v) is 19.6. The third-order valence-corrected chi connectivity index (χ3v) is 6.88. The molecule has 4 aromatic rings. The summed E-state index contributed by atoms with van der Waals surface area (Å²) in [7, 11) is 0. The molecule has 6 nitrogen and oxygen atoms in total. The molecular weight excluding hydrogens is 449 g/mol. The van der Waals surface area contributed by atoms with Gasteiger partial charge in [-0.25, -0.2) is 14.4 Å². The molecule has 0 unspecified atom stereocenters. The molecule has 0 aliphatic carbocycles. The van der Waals surface area contributed by atoms with Gasteiger partial charge in [-0.05, 0) is 48.7 Å². The van der Waals surface area contributed by atoms with Crippen LogP contribution in [0.1, 0.15) is 34.0 Å². The Labute approximate surface area is 201 Å². The first kappa shape index (κ1) is 22.4. The summed E-state index contributed by atoms with van der Waals surface area (Å²) in [6, 6.07) is 14.8. The van der Waals surface area contributed by atoms with E-state index in [-0.39, 0.29) is 11.7 Å². The van der Waals surface area contributed by atoms with Crippen LogP contribution < -0.4 is 5.32 Å². The molecule has 0 spiro atoms. The van der Waals surface area contributed by atoms with E-state index in [4.69, 9.17) is 4.98 Å². The molecule has 174 valence electrons.